The summed E-state index contributed by atoms with van der Waals surface area (Å²) in [5.41, 5.74) is -0.245. The van der Waals surface area contributed by atoms with Gasteiger partial charge in [0.1, 0.15) is 0 Å². The van der Waals surface area contributed by atoms with Gasteiger partial charge in [0, 0.05) is 17.7 Å². The van der Waals surface area contributed by atoms with Crippen molar-refractivity contribution in [3.63, 3.8) is 0 Å². The lowest BCUT2D eigenvalue weighted by Gasteiger charge is -2.07. The largest absolute Gasteiger partial charge is 0.618 e. The van der Waals surface area contributed by atoms with E-state index in [1.54, 1.807) is 6.92 Å². The molecule has 0 fully saturated rings. The Morgan fingerprint density at radius 1 is 1.21 bits per heavy atom. The molecule has 0 aliphatic heterocycles. The number of nitrogens with zero attached hydrogens (tertiary/aromatic N) is 1. The number of halogens is 3. The number of esters is 1. The van der Waals surface area contributed by atoms with Crippen LogP contribution in [0, 0.1) is 5.21 Å². The average molecular weight is 337 g/mol. The first-order valence-electron chi connectivity index (χ1n) is 7.07. The Labute approximate surface area is 136 Å². The summed E-state index contributed by atoms with van der Waals surface area (Å²) in [5.74, 6) is -0.511. The fraction of sp³-hybridized carbons (Fsp3) is 0.176. The van der Waals surface area contributed by atoms with Crippen molar-refractivity contribution in [3.8, 4) is 0 Å². The van der Waals surface area contributed by atoms with E-state index < -0.39 is 17.7 Å². The van der Waals surface area contributed by atoms with Crippen molar-refractivity contribution in [2.45, 2.75) is 13.1 Å². The van der Waals surface area contributed by atoms with Crippen LogP contribution in [-0.2, 0) is 10.9 Å². The summed E-state index contributed by atoms with van der Waals surface area (Å²) in [6, 6.07) is 10.1. The average Bonchev–Trinajstić information content (AvgIpc) is 2.54. The van der Waals surface area contributed by atoms with Crippen LogP contribution >= 0.6 is 0 Å². The maximum atomic E-state index is 12.7. The standard InChI is InChI=1S/C17H14F3NO3/c1-2-24-16(22)13-6-8-15(9-7-13)21(23)11-12-4-3-5-14(10-12)17(18,19)20/h3-11H,2H2,1H3/b21-11-. The molecule has 0 aliphatic carbocycles. The highest BCUT2D eigenvalue weighted by Gasteiger charge is 2.30. The molecule has 2 rings (SSSR count). The van der Waals surface area contributed by atoms with Crippen molar-refractivity contribution >= 4 is 17.9 Å². The fourth-order valence-electron chi connectivity index (χ4n) is 1.96. The topological polar surface area (TPSA) is 52.4 Å². The molecule has 0 aliphatic rings. The van der Waals surface area contributed by atoms with Crippen LogP contribution in [0.5, 0.6) is 0 Å². The summed E-state index contributed by atoms with van der Waals surface area (Å²) < 4.78 is 43.2. The minimum atomic E-state index is -4.47. The number of alkyl halides is 3. The Bertz CT molecular complexity index is 752. The smallest absolute Gasteiger partial charge is 0.416 e. The minimum Gasteiger partial charge on any atom is -0.618 e. The van der Waals surface area contributed by atoms with Crippen molar-refractivity contribution < 1.29 is 27.4 Å². The van der Waals surface area contributed by atoms with Gasteiger partial charge in [0.2, 0.25) is 5.69 Å². The molecule has 0 aromatic heterocycles. The third kappa shape index (κ3) is 4.34. The number of hydrogen-bond acceptors (Lipinski definition) is 3. The molecule has 0 radical (unpaired) electrons. The zero-order valence-corrected chi connectivity index (χ0v) is 12.7. The van der Waals surface area contributed by atoms with Crippen LogP contribution in [0.2, 0.25) is 0 Å². The second-order valence-electron chi connectivity index (χ2n) is 4.85. The van der Waals surface area contributed by atoms with Crippen LogP contribution in [-0.4, -0.2) is 23.5 Å². The van der Waals surface area contributed by atoms with E-state index in [1.165, 1.54) is 36.4 Å². The molecule has 24 heavy (non-hydrogen) atoms. The highest BCUT2D eigenvalue weighted by Crippen LogP contribution is 2.29. The molecule has 2 aromatic rings. The first-order valence-corrected chi connectivity index (χ1v) is 7.07. The Balaban J connectivity index is 2.23. The van der Waals surface area contributed by atoms with Crippen LogP contribution in [0.3, 0.4) is 0 Å². The van der Waals surface area contributed by atoms with E-state index in [1.807, 2.05) is 0 Å². The molecule has 0 saturated carbocycles. The summed E-state index contributed by atoms with van der Waals surface area (Å²) in [7, 11) is 0. The number of carbonyl (C=O) groups is 1. The van der Waals surface area contributed by atoms with Crippen LogP contribution < -0.4 is 0 Å². The van der Waals surface area contributed by atoms with Crippen molar-refractivity contribution in [3.05, 3.63) is 70.4 Å². The Hall–Kier alpha value is -2.83. The van der Waals surface area contributed by atoms with E-state index in [0.29, 0.717) is 4.74 Å². The molecular weight excluding hydrogens is 323 g/mol. The Morgan fingerprint density at radius 3 is 2.46 bits per heavy atom. The molecule has 0 N–H and O–H groups in total. The SMILES string of the molecule is CCOC(=O)c1ccc(/[N+]([O-])=C/c2cccc(C(F)(F)F)c2)cc1. The molecule has 0 amide bonds. The lowest BCUT2D eigenvalue weighted by atomic mass is 10.1. The van der Waals surface area contributed by atoms with Gasteiger partial charge in [0.05, 0.1) is 17.7 Å². The van der Waals surface area contributed by atoms with E-state index >= 15 is 0 Å². The van der Waals surface area contributed by atoms with Crippen molar-refractivity contribution in [2.75, 3.05) is 6.61 Å². The van der Waals surface area contributed by atoms with Gasteiger partial charge in [-0.05, 0) is 37.3 Å². The highest BCUT2D eigenvalue weighted by atomic mass is 19.4. The first-order chi connectivity index (χ1) is 11.3. The molecule has 0 heterocycles. The second-order valence-corrected chi connectivity index (χ2v) is 4.85. The number of benzene rings is 2. The predicted octanol–water partition coefficient (Wildman–Crippen LogP) is 4.14. The third-order valence-electron chi connectivity index (χ3n) is 3.11. The van der Waals surface area contributed by atoms with Gasteiger partial charge < -0.3 is 9.94 Å². The fourth-order valence-corrected chi connectivity index (χ4v) is 1.96. The van der Waals surface area contributed by atoms with E-state index in [-0.39, 0.29) is 23.4 Å². The number of ether oxygens (including phenoxy) is 1. The van der Waals surface area contributed by atoms with Gasteiger partial charge in [-0.25, -0.2) is 4.79 Å². The van der Waals surface area contributed by atoms with Gasteiger partial charge in [0.25, 0.3) is 0 Å². The van der Waals surface area contributed by atoms with Gasteiger partial charge in [-0.1, -0.05) is 6.07 Å². The quantitative estimate of drug-likeness (QED) is 0.277. The molecule has 0 saturated heterocycles. The normalized spacial score (nSPS) is 12.1. The monoisotopic (exact) mass is 337 g/mol. The van der Waals surface area contributed by atoms with Crippen LogP contribution in [0.15, 0.2) is 48.5 Å². The van der Waals surface area contributed by atoms with E-state index in [4.69, 9.17) is 4.74 Å². The molecule has 4 nitrogen and oxygen atoms in total. The Kier molecular flexibility index (Phi) is 5.23. The molecule has 0 atom stereocenters. The van der Waals surface area contributed by atoms with Crippen molar-refractivity contribution in [1.82, 2.24) is 0 Å². The first kappa shape index (κ1) is 17.5. The lowest BCUT2D eigenvalue weighted by molar-refractivity contribution is -0.354. The van der Waals surface area contributed by atoms with Gasteiger partial charge in [-0.2, -0.15) is 17.9 Å². The van der Waals surface area contributed by atoms with E-state index in [0.717, 1.165) is 18.3 Å². The van der Waals surface area contributed by atoms with Crippen molar-refractivity contribution in [1.29, 1.82) is 0 Å². The van der Waals surface area contributed by atoms with Crippen LogP contribution in [0.1, 0.15) is 28.4 Å². The molecule has 7 heteroatoms. The van der Waals surface area contributed by atoms with Gasteiger partial charge >= 0.3 is 12.1 Å². The molecule has 126 valence electrons. The van der Waals surface area contributed by atoms with Crippen molar-refractivity contribution in [2.24, 2.45) is 0 Å². The highest BCUT2D eigenvalue weighted by molar-refractivity contribution is 5.89. The summed E-state index contributed by atoms with van der Waals surface area (Å²) >= 11 is 0. The second kappa shape index (κ2) is 7.16. The number of rotatable bonds is 4. The van der Waals surface area contributed by atoms with Gasteiger partial charge in [-0.3, -0.25) is 0 Å². The molecule has 2 aromatic carbocycles. The summed E-state index contributed by atoms with van der Waals surface area (Å²) in [6.07, 6.45) is -3.44. The van der Waals surface area contributed by atoms with E-state index in [9.17, 15) is 23.2 Å². The molecule has 0 unspecified atom stereocenters. The summed E-state index contributed by atoms with van der Waals surface area (Å²) in [4.78, 5) is 11.5. The zero-order chi connectivity index (χ0) is 17.7. The van der Waals surface area contributed by atoms with Gasteiger partial charge in [-0.15, -0.1) is 0 Å². The molecule has 0 spiro atoms. The maximum absolute atomic E-state index is 12.7. The Morgan fingerprint density at radius 2 is 1.88 bits per heavy atom. The predicted molar refractivity (Wildman–Crippen MR) is 82.3 cm³/mol. The molecule has 0 bridgehead atoms. The minimum absolute atomic E-state index is 0.120. The van der Waals surface area contributed by atoms with Gasteiger partial charge in [0.15, 0.2) is 6.21 Å². The number of hydrogen-bond donors (Lipinski definition) is 0. The van der Waals surface area contributed by atoms with E-state index in [2.05, 4.69) is 0 Å². The summed E-state index contributed by atoms with van der Waals surface area (Å²) in [5, 5.41) is 12.0. The number of carbonyl (C=O) groups excluding carboxylic acids is 1. The maximum Gasteiger partial charge on any atom is 0.416 e. The van der Waals surface area contributed by atoms with Crippen LogP contribution in [0.25, 0.3) is 0 Å². The zero-order valence-electron chi connectivity index (χ0n) is 12.7. The molecular formula is C17H14F3NO3. The lowest BCUT2D eigenvalue weighted by Crippen LogP contribution is -2.07. The third-order valence-corrected chi connectivity index (χ3v) is 3.11. The summed E-state index contributed by atoms with van der Waals surface area (Å²) in [6.45, 7) is 1.91. The van der Waals surface area contributed by atoms with Crippen LogP contribution in [0.4, 0.5) is 18.9 Å².